The van der Waals surface area contributed by atoms with E-state index in [1.165, 1.54) is 57.7 Å². The van der Waals surface area contributed by atoms with E-state index in [4.69, 9.17) is 15.2 Å². The number of fused-ring (bicyclic) bond motifs is 6. The summed E-state index contributed by atoms with van der Waals surface area (Å²) in [5.74, 6) is 0.379. The Hall–Kier alpha value is -7.46. The standard InChI is InChI=1S/C28H30N4O3.C21H16N2O4.C7H16N2/c1-35-22-10-7-20(8-11-22)19-32-25-12-9-21(27(33)30-14-17-31-15-3-2-4-16-31)18-24(25)26-23(28(32)34)6-5-13-29-26;1-27-15-7-4-13(5-8-15)12-23-18-9-6-14(21(25)26)11-17(18)19-16(20(23)24)3-2-10-22-19;8-4-7-9-5-2-1-3-6-9/h5-13,18H,2-4,14-17,19H2,1H3,(H,30,33);2-11H,12H2,1H3,(H,25,26);1-8H2. The third-order valence-electron chi connectivity index (χ3n) is 13.2. The number of nitrogens with two attached hydrogens (primary N) is 1. The topological polar surface area (TPSA) is 187 Å². The Labute approximate surface area is 412 Å². The monoisotopic (exact) mass is 958 g/mol. The summed E-state index contributed by atoms with van der Waals surface area (Å²) in [7, 11) is 3.23. The highest BCUT2D eigenvalue weighted by molar-refractivity contribution is 6.07. The van der Waals surface area contributed by atoms with E-state index in [-0.39, 0.29) is 22.6 Å². The number of pyridine rings is 4. The number of nitrogens with zero attached hydrogens (tertiary/aromatic N) is 6. The second kappa shape index (κ2) is 23.9. The molecule has 0 radical (unpaired) electrons. The number of aromatic nitrogens is 4. The second-order valence-corrected chi connectivity index (χ2v) is 17.9. The quantitative estimate of drug-likeness (QED) is 0.0965. The minimum atomic E-state index is -1.02. The lowest BCUT2D eigenvalue weighted by atomic mass is 10.1. The third kappa shape index (κ3) is 12.1. The Morgan fingerprint density at radius 3 is 1.49 bits per heavy atom. The Morgan fingerprint density at radius 2 is 1.04 bits per heavy atom. The molecular formula is C56H62N8O7. The first-order valence-electron chi connectivity index (χ1n) is 24.4. The summed E-state index contributed by atoms with van der Waals surface area (Å²) in [6.07, 6.45) is 11.2. The van der Waals surface area contributed by atoms with Gasteiger partial charge in [0.05, 0.1) is 65.7 Å². The van der Waals surface area contributed by atoms with Gasteiger partial charge >= 0.3 is 5.97 Å². The van der Waals surface area contributed by atoms with Crippen molar-refractivity contribution in [3.05, 3.63) is 165 Å². The van der Waals surface area contributed by atoms with Crippen LogP contribution in [-0.2, 0) is 13.1 Å². The van der Waals surface area contributed by atoms with E-state index in [0.29, 0.717) is 57.9 Å². The number of amides is 1. The molecule has 15 heteroatoms. The van der Waals surface area contributed by atoms with Crippen LogP contribution in [0, 0.1) is 0 Å². The lowest BCUT2D eigenvalue weighted by Gasteiger charge is -2.26. The number of carboxylic acids is 1. The van der Waals surface area contributed by atoms with Crippen molar-refractivity contribution in [2.24, 2.45) is 5.73 Å². The number of carbonyl (C=O) groups excluding carboxylic acids is 1. The van der Waals surface area contributed by atoms with E-state index in [1.807, 2.05) is 60.7 Å². The van der Waals surface area contributed by atoms with Crippen LogP contribution in [0.1, 0.15) is 70.4 Å². The number of ether oxygens (including phenoxy) is 2. The van der Waals surface area contributed by atoms with Crippen LogP contribution in [0.25, 0.3) is 43.6 Å². The number of hydrogen-bond donors (Lipinski definition) is 3. The van der Waals surface area contributed by atoms with Crippen LogP contribution in [0.3, 0.4) is 0 Å². The maximum absolute atomic E-state index is 13.4. The number of piperidine rings is 2. The van der Waals surface area contributed by atoms with Gasteiger partial charge in [0, 0.05) is 54.9 Å². The van der Waals surface area contributed by atoms with Gasteiger partial charge in [-0.15, -0.1) is 0 Å². The van der Waals surface area contributed by atoms with Crippen molar-refractivity contribution >= 4 is 55.5 Å². The van der Waals surface area contributed by atoms with Crippen molar-refractivity contribution in [2.75, 3.05) is 66.6 Å². The van der Waals surface area contributed by atoms with Crippen LogP contribution in [0.15, 0.2) is 131 Å². The number of benzene rings is 4. The highest BCUT2D eigenvalue weighted by Gasteiger charge is 2.18. The second-order valence-electron chi connectivity index (χ2n) is 17.9. The summed E-state index contributed by atoms with van der Waals surface area (Å²) in [5.41, 5.74) is 10.3. The molecule has 2 aliphatic heterocycles. The molecule has 4 N–H and O–H groups in total. The number of aromatic carboxylic acids is 1. The van der Waals surface area contributed by atoms with Crippen LogP contribution in [0.5, 0.6) is 11.5 Å². The molecule has 0 bridgehead atoms. The zero-order valence-corrected chi connectivity index (χ0v) is 40.5. The van der Waals surface area contributed by atoms with Gasteiger partial charge < -0.3 is 44.6 Å². The molecule has 71 heavy (non-hydrogen) atoms. The molecule has 1 amide bonds. The summed E-state index contributed by atoms with van der Waals surface area (Å²) in [6.45, 7) is 8.93. The molecule has 2 fully saturated rings. The molecular weight excluding hydrogens is 897 g/mol. The molecule has 0 saturated carbocycles. The number of hydrogen-bond acceptors (Lipinski definition) is 11. The van der Waals surface area contributed by atoms with Crippen LogP contribution >= 0.6 is 0 Å². The van der Waals surface area contributed by atoms with Crippen molar-refractivity contribution < 1.29 is 24.2 Å². The Kier molecular flexibility index (Phi) is 16.8. The van der Waals surface area contributed by atoms with E-state index in [2.05, 4.69) is 25.1 Å². The molecule has 0 atom stereocenters. The van der Waals surface area contributed by atoms with Crippen molar-refractivity contribution in [1.29, 1.82) is 0 Å². The lowest BCUT2D eigenvalue weighted by Crippen LogP contribution is -2.37. The van der Waals surface area contributed by atoms with Crippen molar-refractivity contribution in [2.45, 2.75) is 51.6 Å². The number of likely N-dealkylation sites (tertiary alicyclic amines) is 2. The molecule has 4 aromatic carbocycles. The zero-order chi connectivity index (χ0) is 49.7. The average molecular weight is 959 g/mol. The first kappa shape index (κ1) is 49.9. The van der Waals surface area contributed by atoms with Gasteiger partial charge in [0.1, 0.15) is 11.5 Å². The van der Waals surface area contributed by atoms with E-state index in [9.17, 15) is 24.3 Å². The molecule has 2 aliphatic rings. The van der Waals surface area contributed by atoms with Gasteiger partial charge in [0.25, 0.3) is 17.0 Å². The molecule has 15 nitrogen and oxygen atoms in total. The summed E-state index contributed by atoms with van der Waals surface area (Å²) < 4.78 is 13.8. The van der Waals surface area contributed by atoms with Gasteiger partial charge in [-0.3, -0.25) is 24.4 Å². The van der Waals surface area contributed by atoms with Gasteiger partial charge in [-0.25, -0.2) is 4.79 Å². The highest BCUT2D eigenvalue weighted by atomic mass is 16.5. The maximum Gasteiger partial charge on any atom is 0.335 e. The van der Waals surface area contributed by atoms with Gasteiger partial charge in [0.2, 0.25) is 0 Å². The molecule has 4 aromatic heterocycles. The SMILES string of the molecule is COc1ccc(Cn2c(=O)c3cccnc3c3cc(C(=O)NCCN4CCCCC4)ccc32)cc1.COc1ccc(Cn2c(=O)c3cccnc3c3cc(C(=O)O)ccc32)cc1.NCCN1CCCCC1. The first-order valence-corrected chi connectivity index (χ1v) is 24.4. The summed E-state index contributed by atoms with van der Waals surface area (Å²) in [4.78, 5) is 64.5. The summed E-state index contributed by atoms with van der Waals surface area (Å²) in [6, 6.07) is 32.4. The molecule has 0 aliphatic carbocycles. The minimum absolute atomic E-state index is 0.102. The fourth-order valence-corrected chi connectivity index (χ4v) is 9.41. The molecule has 368 valence electrons. The smallest absolute Gasteiger partial charge is 0.335 e. The summed E-state index contributed by atoms with van der Waals surface area (Å²) >= 11 is 0. The molecule has 0 spiro atoms. The maximum atomic E-state index is 13.4. The van der Waals surface area contributed by atoms with E-state index in [1.54, 1.807) is 78.2 Å². The van der Waals surface area contributed by atoms with E-state index in [0.717, 1.165) is 66.3 Å². The number of carbonyl (C=O) groups is 2. The van der Waals surface area contributed by atoms with Gasteiger partial charge in [0.15, 0.2) is 0 Å². The molecule has 10 rings (SSSR count). The minimum Gasteiger partial charge on any atom is -0.497 e. The molecule has 6 heterocycles. The van der Waals surface area contributed by atoms with Crippen LogP contribution in [-0.4, -0.2) is 112 Å². The fourth-order valence-electron chi connectivity index (χ4n) is 9.41. The van der Waals surface area contributed by atoms with E-state index >= 15 is 0 Å². The number of methoxy groups -OCH3 is 2. The predicted octanol–water partition coefficient (Wildman–Crippen LogP) is 7.56. The van der Waals surface area contributed by atoms with Crippen LogP contribution in [0.4, 0.5) is 0 Å². The molecule has 0 unspecified atom stereocenters. The van der Waals surface area contributed by atoms with Crippen molar-refractivity contribution in [3.63, 3.8) is 0 Å². The molecule has 2 saturated heterocycles. The lowest BCUT2D eigenvalue weighted by molar-refractivity contribution is 0.0696. The van der Waals surface area contributed by atoms with Crippen LogP contribution < -0.4 is 31.6 Å². The summed E-state index contributed by atoms with van der Waals surface area (Å²) in [5, 5.41) is 14.8. The van der Waals surface area contributed by atoms with Crippen LogP contribution in [0.2, 0.25) is 0 Å². The Bertz CT molecular complexity index is 3230. The van der Waals surface area contributed by atoms with Crippen molar-refractivity contribution in [3.8, 4) is 11.5 Å². The highest BCUT2D eigenvalue weighted by Crippen LogP contribution is 2.26. The van der Waals surface area contributed by atoms with Gasteiger partial charge in [-0.05, 0) is 148 Å². The number of nitrogens with one attached hydrogen (secondary N) is 1. The molecule has 8 aromatic rings. The normalized spacial score (nSPS) is 14.1. The largest absolute Gasteiger partial charge is 0.497 e. The van der Waals surface area contributed by atoms with Gasteiger partial charge in [-0.1, -0.05) is 37.1 Å². The average Bonchev–Trinajstić information content (AvgIpc) is 3.42. The Morgan fingerprint density at radius 1 is 0.592 bits per heavy atom. The third-order valence-corrected chi connectivity index (χ3v) is 13.2. The Balaban J connectivity index is 0.000000166. The predicted molar refractivity (Wildman–Crippen MR) is 280 cm³/mol. The number of rotatable bonds is 13. The van der Waals surface area contributed by atoms with Gasteiger partial charge in [-0.2, -0.15) is 0 Å². The zero-order valence-electron chi connectivity index (χ0n) is 40.5. The van der Waals surface area contributed by atoms with Crippen molar-refractivity contribution in [1.82, 2.24) is 34.2 Å². The number of carboxylic acid groups (broad SMARTS) is 1. The fraction of sp³-hybridized carbons (Fsp3) is 0.321. The van der Waals surface area contributed by atoms with E-state index < -0.39 is 5.97 Å². The first-order chi connectivity index (χ1) is 34.6.